The molecule has 1 heterocycles. The van der Waals surface area contributed by atoms with Crippen LogP contribution < -0.4 is 10.6 Å². The third kappa shape index (κ3) is 3.66. The van der Waals surface area contributed by atoms with Crippen LogP contribution in [-0.4, -0.2) is 40.8 Å². The Morgan fingerprint density at radius 1 is 1.61 bits per heavy atom. The molecule has 0 radical (unpaired) electrons. The predicted molar refractivity (Wildman–Crippen MR) is 76.9 cm³/mol. The first-order valence-electron chi connectivity index (χ1n) is 6.30. The van der Waals surface area contributed by atoms with Gasteiger partial charge in [0.25, 0.3) is 0 Å². The van der Waals surface area contributed by atoms with E-state index in [1.165, 1.54) is 19.3 Å². The fraction of sp³-hybridized carbons (Fsp3) is 0.667. The number of rotatable bonds is 4. The van der Waals surface area contributed by atoms with Crippen LogP contribution in [0.25, 0.3) is 0 Å². The molecule has 0 amide bonds. The maximum absolute atomic E-state index is 4.26. The van der Waals surface area contributed by atoms with Crippen molar-refractivity contribution in [1.29, 1.82) is 0 Å². The molecule has 1 aliphatic carbocycles. The lowest BCUT2D eigenvalue weighted by atomic mass is 10.2. The zero-order chi connectivity index (χ0) is 12.8. The van der Waals surface area contributed by atoms with Crippen molar-refractivity contribution in [3.8, 4) is 0 Å². The van der Waals surface area contributed by atoms with Crippen molar-refractivity contribution < 1.29 is 0 Å². The number of H-pyrrole nitrogens is 1. The van der Waals surface area contributed by atoms with Crippen LogP contribution in [0.15, 0.2) is 17.3 Å². The molecule has 6 heteroatoms. The molecule has 3 N–H and O–H groups in total. The SMILES string of the molecule is CN=C(NCc1ccn[nH]1)NC1CCC(SC)C1. The first-order valence-corrected chi connectivity index (χ1v) is 7.59. The normalized spacial score (nSPS) is 24.2. The van der Waals surface area contributed by atoms with E-state index in [4.69, 9.17) is 0 Å². The molecule has 0 aliphatic heterocycles. The summed E-state index contributed by atoms with van der Waals surface area (Å²) in [7, 11) is 1.81. The topological polar surface area (TPSA) is 65.1 Å². The Bertz CT molecular complexity index is 376. The molecule has 1 fully saturated rings. The Morgan fingerprint density at radius 3 is 3.11 bits per heavy atom. The second kappa shape index (κ2) is 6.68. The van der Waals surface area contributed by atoms with E-state index in [9.17, 15) is 0 Å². The van der Waals surface area contributed by atoms with E-state index in [1.54, 1.807) is 6.20 Å². The highest BCUT2D eigenvalue weighted by Gasteiger charge is 2.24. The summed E-state index contributed by atoms with van der Waals surface area (Å²) in [5.74, 6) is 0.872. The molecule has 0 spiro atoms. The van der Waals surface area contributed by atoms with Gasteiger partial charge in [-0.05, 0) is 31.6 Å². The van der Waals surface area contributed by atoms with Crippen LogP contribution in [0.1, 0.15) is 25.0 Å². The third-order valence-electron chi connectivity index (χ3n) is 3.29. The number of aliphatic imine (C=N–C) groups is 1. The van der Waals surface area contributed by atoms with Crippen LogP contribution in [0, 0.1) is 0 Å². The van der Waals surface area contributed by atoms with E-state index in [0.29, 0.717) is 6.04 Å². The second-order valence-electron chi connectivity index (χ2n) is 4.52. The highest BCUT2D eigenvalue weighted by Crippen LogP contribution is 2.27. The van der Waals surface area contributed by atoms with Crippen molar-refractivity contribution in [3.63, 3.8) is 0 Å². The number of hydrogen-bond acceptors (Lipinski definition) is 3. The van der Waals surface area contributed by atoms with Gasteiger partial charge in [0.2, 0.25) is 0 Å². The highest BCUT2D eigenvalue weighted by atomic mass is 32.2. The molecule has 2 rings (SSSR count). The molecule has 0 saturated heterocycles. The molecule has 2 atom stereocenters. The van der Waals surface area contributed by atoms with Crippen molar-refractivity contribution in [2.24, 2.45) is 4.99 Å². The Hall–Kier alpha value is -1.17. The Balaban J connectivity index is 1.76. The predicted octanol–water partition coefficient (Wildman–Crippen LogP) is 1.36. The summed E-state index contributed by atoms with van der Waals surface area (Å²) in [5.41, 5.74) is 1.06. The maximum Gasteiger partial charge on any atom is 0.191 e. The maximum atomic E-state index is 4.26. The largest absolute Gasteiger partial charge is 0.354 e. The molecule has 1 saturated carbocycles. The van der Waals surface area contributed by atoms with Crippen molar-refractivity contribution in [1.82, 2.24) is 20.8 Å². The summed E-state index contributed by atoms with van der Waals surface area (Å²) < 4.78 is 0. The van der Waals surface area contributed by atoms with Gasteiger partial charge >= 0.3 is 0 Å². The van der Waals surface area contributed by atoms with Crippen LogP contribution in [0.2, 0.25) is 0 Å². The molecule has 5 nitrogen and oxygen atoms in total. The minimum Gasteiger partial charge on any atom is -0.354 e. The molecular weight excluding hydrogens is 246 g/mol. The lowest BCUT2D eigenvalue weighted by Crippen LogP contribution is -2.42. The van der Waals surface area contributed by atoms with Gasteiger partial charge in [-0.3, -0.25) is 10.1 Å². The lowest BCUT2D eigenvalue weighted by Gasteiger charge is -2.16. The first-order chi connectivity index (χ1) is 8.81. The molecule has 100 valence electrons. The van der Waals surface area contributed by atoms with Crippen molar-refractivity contribution >= 4 is 17.7 Å². The van der Waals surface area contributed by atoms with Crippen LogP contribution in [-0.2, 0) is 6.54 Å². The summed E-state index contributed by atoms with van der Waals surface area (Å²) in [5, 5.41) is 14.4. The minimum atomic E-state index is 0.551. The van der Waals surface area contributed by atoms with Gasteiger partial charge in [0, 0.05) is 24.5 Å². The smallest absolute Gasteiger partial charge is 0.191 e. The number of aromatic nitrogens is 2. The Labute approximate surface area is 112 Å². The average Bonchev–Trinajstić information content (AvgIpc) is 3.05. The number of nitrogens with one attached hydrogen (secondary N) is 3. The van der Waals surface area contributed by atoms with E-state index in [0.717, 1.165) is 23.4 Å². The van der Waals surface area contributed by atoms with Crippen LogP contribution >= 0.6 is 11.8 Å². The van der Waals surface area contributed by atoms with E-state index < -0.39 is 0 Å². The van der Waals surface area contributed by atoms with Crippen molar-refractivity contribution in [3.05, 3.63) is 18.0 Å². The van der Waals surface area contributed by atoms with Gasteiger partial charge in [0.05, 0.1) is 12.2 Å². The molecular formula is C12H21N5S. The quantitative estimate of drug-likeness (QED) is 0.569. The third-order valence-corrected chi connectivity index (χ3v) is 4.38. The standard InChI is InChI=1S/C12H21N5S/c1-13-12(14-8-10-5-6-15-17-10)16-9-3-4-11(7-9)18-2/h5-6,9,11H,3-4,7-8H2,1-2H3,(H,15,17)(H2,13,14,16). The van der Waals surface area contributed by atoms with E-state index in [2.05, 4.69) is 32.1 Å². The van der Waals surface area contributed by atoms with Crippen LogP contribution in [0.3, 0.4) is 0 Å². The lowest BCUT2D eigenvalue weighted by molar-refractivity contribution is 0.613. The van der Waals surface area contributed by atoms with Gasteiger partial charge in [-0.15, -0.1) is 0 Å². The number of guanidine groups is 1. The van der Waals surface area contributed by atoms with Crippen LogP contribution in [0.4, 0.5) is 0 Å². The molecule has 0 aromatic carbocycles. The van der Waals surface area contributed by atoms with Crippen molar-refractivity contribution in [2.75, 3.05) is 13.3 Å². The number of hydrogen-bond donors (Lipinski definition) is 3. The van der Waals surface area contributed by atoms with Gasteiger partial charge in [-0.2, -0.15) is 16.9 Å². The van der Waals surface area contributed by atoms with E-state index in [-0.39, 0.29) is 0 Å². The zero-order valence-corrected chi connectivity index (χ0v) is 11.8. The molecule has 0 bridgehead atoms. The van der Waals surface area contributed by atoms with Gasteiger partial charge in [0.1, 0.15) is 0 Å². The Morgan fingerprint density at radius 2 is 2.50 bits per heavy atom. The van der Waals surface area contributed by atoms with Gasteiger partial charge in [-0.25, -0.2) is 0 Å². The van der Waals surface area contributed by atoms with Gasteiger partial charge in [-0.1, -0.05) is 0 Å². The summed E-state index contributed by atoms with van der Waals surface area (Å²) in [6, 6.07) is 2.51. The fourth-order valence-electron chi connectivity index (χ4n) is 2.24. The van der Waals surface area contributed by atoms with E-state index >= 15 is 0 Å². The zero-order valence-electron chi connectivity index (χ0n) is 10.9. The first kappa shape index (κ1) is 13.3. The highest BCUT2D eigenvalue weighted by molar-refractivity contribution is 7.99. The van der Waals surface area contributed by atoms with Gasteiger partial charge in [0.15, 0.2) is 5.96 Å². The second-order valence-corrected chi connectivity index (χ2v) is 5.66. The van der Waals surface area contributed by atoms with E-state index in [1.807, 2.05) is 24.9 Å². The number of thioether (sulfide) groups is 1. The van der Waals surface area contributed by atoms with Gasteiger partial charge < -0.3 is 10.6 Å². The summed E-state index contributed by atoms with van der Waals surface area (Å²) >= 11 is 1.97. The van der Waals surface area contributed by atoms with Crippen LogP contribution in [0.5, 0.6) is 0 Å². The molecule has 2 unspecified atom stereocenters. The molecule has 1 aromatic heterocycles. The fourth-order valence-corrected chi connectivity index (χ4v) is 3.03. The Kier molecular flexibility index (Phi) is 4.92. The monoisotopic (exact) mass is 267 g/mol. The number of nitrogens with zero attached hydrogens (tertiary/aromatic N) is 2. The molecule has 1 aromatic rings. The summed E-state index contributed by atoms with van der Waals surface area (Å²) in [4.78, 5) is 4.26. The summed E-state index contributed by atoms with van der Waals surface area (Å²) in [6.45, 7) is 0.721. The molecule has 1 aliphatic rings. The summed E-state index contributed by atoms with van der Waals surface area (Å²) in [6.07, 6.45) is 7.71. The average molecular weight is 267 g/mol. The molecule has 18 heavy (non-hydrogen) atoms. The number of aromatic amines is 1. The van der Waals surface area contributed by atoms with Crippen molar-refractivity contribution in [2.45, 2.75) is 37.1 Å². The minimum absolute atomic E-state index is 0.551.